The summed E-state index contributed by atoms with van der Waals surface area (Å²) in [4.78, 5) is 2.49. The van der Waals surface area contributed by atoms with Crippen LogP contribution in [-0.4, -0.2) is 43.8 Å². The molecule has 2 unspecified atom stereocenters. The Bertz CT molecular complexity index is 342. The lowest BCUT2D eigenvalue weighted by Crippen LogP contribution is -2.37. The van der Waals surface area contributed by atoms with Gasteiger partial charge in [-0.2, -0.15) is 0 Å². The van der Waals surface area contributed by atoms with E-state index in [1.807, 2.05) is 0 Å². The van der Waals surface area contributed by atoms with Crippen LogP contribution in [0.2, 0.25) is 0 Å². The van der Waals surface area contributed by atoms with Crippen molar-refractivity contribution in [2.45, 2.75) is 32.0 Å². The number of nitrogens with one attached hydrogen (secondary N) is 1. The van der Waals surface area contributed by atoms with Gasteiger partial charge in [-0.05, 0) is 18.5 Å². The van der Waals surface area contributed by atoms with Crippen LogP contribution in [0, 0.1) is 0 Å². The van der Waals surface area contributed by atoms with Gasteiger partial charge in [0, 0.05) is 32.8 Å². The van der Waals surface area contributed by atoms with Crippen molar-refractivity contribution in [2.75, 3.05) is 26.7 Å². The Hall–Kier alpha value is -0.900. The molecular weight excluding hydrogens is 224 g/mol. The number of hydrogen-bond donors (Lipinski definition) is 1. The van der Waals surface area contributed by atoms with Crippen LogP contribution in [0.4, 0.5) is 0 Å². The lowest BCUT2D eigenvalue weighted by molar-refractivity contribution is 0.115. The van der Waals surface area contributed by atoms with Crippen molar-refractivity contribution in [2.24, 2.45) is 0 Å². The van der Waals surface area contributed by atoms with E-state index in [1.54, 1.807) is 7.11 Å². The molecule has 0 saturated carbocycles. The fourth-order valence-corrected chi connectivity index (χ4v) is 2.56. The van der Waals surface area contributed by atoms with Crippen molar-refractivity contribution in [1.82, 2.24) is 10.2 Å². The molecule has 1 heterocycles. The summed E-state index contributed by atoms with van der Waals surface area (Å²) in [7, 11) is 1.80. The SMILES string of the molecule is CCN(Cc1ccccc1)CC1CC(OC)CN1. The summed E-state index contributed by atoms with van der Waals surface area (Å²) >= 11 is 0. The standard InChI is InChI=1S/C15H24N2O/c1-3-17(11-13-7-5-4-6-8-13)12-14-9-15(18-2)10-16-14/h4-8,14-16H,3,9-12H2,1-2H3. The Kier molecular flexibility index (Phi) is 5.17. The molecule has 18 heavy (non-hydrogen) atoms. The summed E-state index contributed by atoms with van der Waals surface area (Å²) in [6, 6.07) is 11.3. The van der Waals surface area contributed by atoms with Crippen LogP contribution in [0.3, 0.4) is 0 Å². The molecule has 0 amide bonds. The minimum atomic E-state index is 0.394. The van der Waals surface area contributed by atoms with Crippen LogP contribution in [0.1, 0.15) is 18.9 Å². The van der Waals surface area contributed by atoms with E-state index in [1.165, 1.54) is 5.56 Å². The highest BCUT2D eigenvalue weighted by molar-refractivity contribution is 5.14. The first-order chi connectivity index (χ1) is 8.81. The van der Waals surface area contributed by atoms with Gasteiger partial charge >= 0.3 is 0 Å². The first-order valence-electron chi connectivity index (χ1n) is 6.84. The Labute approximate surface area is 110 Å². The fraction of sp³-hybridized carbons (Fsp3) is 0.600. The maximum atomic E-state index is 5.39. The summed E-state index contributed by atoms with van der Waals surface area (Å²) in [6.45, 7) is 6.44. The molecule has 1 aromatic carbocycles. The zero-order chi connectivity index (χ0) is 12.8. The van der Waals surface area contributed by atoms with E-state index in [4.69, 9.17) is 4.74 Å². The van der Waals surface area contributed by atoms with Crippen molar-refractivity contribution < 1.29 is 4.74 Å². The Morgan fingerprint density at radius 1 is 1.33 bits per heavy atom. The van der Waals surface area contributed by atoms with Gasteiger partial charge in [0.05, 0.1) is 6.10 Å². The van der Waals surface area contributed by atoms with Gasteiger partial charge in [-0.25, -0.2) is 0 Å². The molecule has 0 spiro atoms. The summed E-state index contributed by atoms with van der Waals surface area (Å²) in [6.07, 6.45) is 1.52. The number of likely N-dealkylation sites (N-methyl/N-ethyl adjacent to an activating group) is 1. The van der Waals surface area contributed by atoms with Crippen LogP contribution in [0.5, 0.6) is 0 Å². The van der Waals surface area contributed by atoms with E-state index in [2.05, 4.69) is 47.5 Å². The molecule has 0 aliphatic carbocycles. The predicted octanol–water partition coefficient (Wildman–Crippen LogP) is 1.89. The molecular formula is C15H24N2O. The third kappa shape index (κ3) is 3.80. The molecule has 1 fully saturated rings. The molecule has 1 aromatic rings. The van der Waals surface area contributed by atoms with E-state index in [0.29, 0.717) is 12.1 Å². The lowest BCUT2D eigenvalue weighted by atomic mass is 10.1. The quantitative estimate of drug-likeness (QED) is 0.832. The van der Waals surface area contributed by atoms with Crippen LogP contribution < -0.4 is 5.32 Å². The monoisotopic (exact) mass is 248 g/mol. The number of nitrogens with zero attached hydrogens (tertiary/aromatic N) is 1. The average molecular weight is 248 g/mol. The second kappa shape index (κ2) is 6.88. The molecule has 1 N–H and O–H groups in total. The van der Waals surface area contributed by atoms with Gasteiger partial charge in [0.1, 0.15) is 0 Å². The minimum absolute atomic E-state index is 0.394. The van der Waals surface area contributed by atoms with Gasteiger partial charge in [-0.3, -0.25) is 4.90 Å². The largest absolute Gasteiger partial charge is 0.380 e. The third-order valence-electron chi connectivity index (χ3n) is 3.69. The minimum Gasteiger partial charge on any atom is -0.380 e. The van der Waals surface area contributed by atoms with Crippen molar-refractivity contribution in [3.8, 4) is 0 Å². The highest BCUT2D eigenvalue weighted by Crippen LogP contribution is 2.12. The molecule has 100 valence electrons. The van der Waals surface area contributed by atoms with E-state index in [-0.39, 0.29) is 0 Å². The van der Waals surface area contributed by atoms with E-state index < -0.39 is 0 Å². The van der Waals surface area contributed by atoms with E-state index in [9.17, 15) is 0 Å². The van der Waals surface area contributed by atoms with Gasteiger partial charge in [0.2, 0.25) is 0 Å². The van der Waals surface area contributed by atoms with Crippen molar-refractivity contribution in [1.29, 1.82) is 0 Å². The topological polar surface area (TPSA) is 24.5 Å². The summed E-state index contributed by atoms with van der Waals surface area (Å²) < 4.78 is 5.39. The highest BCUT2D eigenvalue weighted by Gasteiger charge is 2.24. The highest BCUT2D eigenvalue weighted by atomic mass is 16.5. The van der Waals surface area contributed by atoms with Gasteiger partial charge < -0.3 is 10.1 Å². The number of methoxy groups -OCH3 is 1. The average Bonchev–Trinajstić information content (AvgIpc) is 2.87. The lowest BCUT2D eigenvalue weighted by Gasteiger charge is -2.24. The summed E-state index contributed by atoms with van der Waals surface area (Å²) in [5.74, 6) is 0. The third-order valence-corrected chi connectivity index (χ3v) is 3.69. The zero-order valence-electron chi connectivity index (χ0n) is 11.4. The molecule has 3 heteroatoms. The van der Waals surface area contributed by atoms with Gasteiger partial charge in [0.25, 0.3) is 0 Å². The van der Waals surface area contributed by atoms with Crippen molar-refractivity contribution >= 4 is 0 Å². The molecule has 0 radical (unpaired) electrons. The van der Waals surface area contributed by atoms with E-state index >= 15 is 0 Å². The summed E-state index contributed by atoms with van der Waals surface area (Å²) in [5.41, 5.74) is 1.39. The van der Waals surface area contributed by atoms with Crippen molar-refractivity contribution in [3.05, 3.63) is 35.9 Å². The molecule has 1 aliphatic heterocycles. The Balaban J connectivity index is 1.83. The molecule has 0 aromatic heterocycles. The predicted molar refractivity (Wildman–Crippen MR) is 74.6 cm³/mol. The summed E-state index contributed by atoms with van der Waals surface area (Å²) in [5, 5.41) is 3.54. The molecule has 1 saturated heterocycles. The van der Waals surface area contributed by atoms with E-state index in [0.717, 1.165) is 32.6 Å². The van der Waals surface area contributed by atoms with Crippen LogP contribution in [0.15, 0.2) is 30.3 Å². The maximum Gasteiger partial charge on any atom is 0.0711 e. The molecule has 2 rings (SSSR count). The maximum absolute atomic E-state index is 5.39. The molecule has 0 bridgehead atoms. The first kappa shape index (κ1) is 13.5. The number of benzene rings is 1. The van der Waals surface area contributed by atoms with Gasteiger partial charge in [-0.15, -0.1) is 0 Å². The zero-order valence-corrected chi connectivity index (χ0v) is 11.4. The molecule has 2 atom stereocenters. The normalized spacial score (nSPS) is 23.7. The molecule has 3 nitrogen and oxygen atoms in total. The second-order valence-corrected chi connectivity index (χ2v) is 5.01. The Morgan fingerprint density at radius 2 is 2.11 bits per heavy atom. The number of rotatable bonds is 6. The smallest absolute Gasteiger partial charge is 0.0711 e. The van der Waals surface area contributed by atoms with Gasteiger partial charge in [-0.1, -0.05) is 37.3 Å². The van der Waals surface area contributed by atoms with Crippen molar-refractivity contribution in [3.63, 3.8) is 0 Å². The van der Waals surface area contributed by atoms with Crippen LogP contribution in [-0.2, 0) is 11.3 Å². The first-order valence-corrected chi connectivity index (χ1v) is 6.84. The van der Waals surface area contributed by atoms with Crippen LogP contribution >= 0.6 is 0 Å². The fourth-order valence-electron chi connectivity index (χ4n) is 2.56. The second-order valence-electron chi connectivity index (χ2n) is 5.01. The van der Waals surface area contributed by atoms with Gasteiger partial charge in [0.15, 0.2) is 0 Å². The number of hydrogen-bond acceptors (Lipinski definition) is 3. The van der Waals surface area contributed by atoms with Crippen LogP contribution in [0.25, 0.3) is 0 Å². The molecule has 1 aliphatic rings. The number of ether oxygens (including phenoxy) is 1. The Morgan fingerprint density at radius 3 is 2.72 bits per heavy atom.